The van der Waals surface area contributed by atoms with E-state index in [1.54, 1.807) is 0 Å². The zero-order chi connectivity index (χ0) is 15.7. The van der Waals surface area contributed by atoms with Gasteiger partial charge < -0.3 is 4.90 Å². The first kappa shape index (κ1) is 15.6. The second-order valence-corrected chi connectivity index (χ2v) is 7.41. The Labute approximate surface area is 133 Å². The summed E-state index contributed by atoms with van der Waals surface area (Å²) < 4.78 is 2.04. The van der Waals surface area contributed by atoms with Gasteiger partial charge in [-0.25, -0.2) is 0 Å². The number of rotatable bonds is 5. The maximum Gasteiger partial charge on any atom is 0.223 e. The first-order valence-electron chi connectivity index (χ1n) is 8.89. The number of hydrogen-bond acceptors (Lipinski definition) is 2. The van der Waals surface area contributed by atoms with Crippen molar-refractivity contribution in [2.75, 3.05) is 0 Å². The van der Waals surface area contributed by atoms with E-state index in [0.717, 1.165) is 25.1 Å². The molecule has 0 N–H and O–H groups in total. The molecule has 2 aliphatic carbocycles. The minimum Gasteiger partial charge on any atom is -0.334 e. The topological polar surface area (TPSA) is 38.1 Å². The van der Waals surface area contributed by atoms with Crippen LogP contribution in [0.15, 0.2) is 0 Å². The lowest BCUT2D eigenvalue weighted by molar-refractivity contribution is -0.135. The van der Waals surface area contributed by atoms with Gasteiger partial charge in [-0.3, -0.25) is 9.48 Å². The molecule has 2 aliphatic rings. The largest absolute Gasteiger partial charge is 0.334 e. The summed E-state index contributed by atoms with van der Waals surface area (Å²) in [5.74, 6) is 0.741. The van der Waals surface area contributed by atoms with Gasteiger partial charge in [0, 0.05) is 25.2 Å². The molecular formula is C18H29N3O. The van der Waals surface area contributed by atoms with Gasteiger partial charge in [0.1, 0.15) is 0 Å². The van der Waals surface area contributed by atoms with Crippen molar-refractivity contribution in [1.29, 1.82) is 0 Å². The lowest BCUT2D eigenvalue weighted by Gasteiger charge is -2.29. The Morgan fingerprint density at radius 3 is 2.68 bits per heavy atom. The zero-order valence-corrected chi connectivity index (χ0v) is 14.3. The van der Waals surface area contributed by atoms with Crippen LogP contribution < -0.4 is 0 Å². The molecule has 1 amide bonds. The van der Waals surface area contributed by atoms with Crippen LogP contribution in [-0.2, 0) is 31.2 Å². The van der Waals surface area contributed by atoms with Crippen LogP contribution in [0.1, 0.15) is 69.3 Å². The fourth-order valence-electron chi connectivity index (χ4n) is 4.09. The lowest BCUT2D eigenvalue weighted by Crippen LogP contribution is -2.39. The number of amides is 1. The first-order chi connectivity index (χ1) is 10.6. The summed E-state index contributed by atoms with van der Waals surface area (Å²) in [5, 5.41) is 4.73. The van der Waals surface area contributed by atoms with E-state index in [0.29, 0.717) is 24.3 Å². The van der Waals surface area contributed by atoms with E-state index < -0.39 is 0 Å². The van der Waals surface area contributed by atoms with E-state index >= 15 is 0 Å². The van der Waals surface area contributed by atoms with Gasteiger partial charge in [0.2, 0.25) is 5.91 Å². The minimum atomic E-state index is 0.319. The predicted molar refractivity (Wildman–Crippen MR) is 87.5 cm³/mol. The van der Waals surface area contributed by atoms with Gasteiger partial charge >= 0.3 is 0 Å². The van der Waals surface area contributed by atoms with Crippen molar-refractivity contribution in [3.8, 4) is 0 Å². The Balaban J connectivity index is 1.80. The van der Waals surface area contributed by atoms with E-state index in [1.165, 1.54) is 43.4 Å². The average molecular weight is 303 g/mol. The molecule has 0 radical (unpaired) electrons. The molecule has 22 heavy (non-hydrogen) atoms. The van der Waals surface area contributed by atoms with Crippen molar-refractivity contribution in [3.63, 3.8) is 0 Å². The molecule has 4 heteroatoms. The van der Waals surface area contributed by atoms with E-state index in [-0.39, 0.29) is 0 Å². The molecule has 3 rings (SSSR count). The number of aryl methyl sites for hydroxylation is 1. The maximum atomic E-state index is 12.7. The van der Waals surface area contributed by atoms with Gasteiger partial charge in [0.25, 0.3) is 0 Å². The number of fused-ring (bicyclic) bond motifs is 1. The van der Waals surface area contributed by atoms with Crippen LogP contribution in [0, 0.1) is 5.92 Å². The summed E-state index contributed by atoms with van der Waals surface area (Å²) in [4.78, 5) is 14.9. The number of nitrogens with zero attached hydrogens (tertiary/aromatic N) is 3. The van der Waals surface area contributed by atoms with Crippen molar-refractivity contribution in [2.24, 2.45) is 13.0 Å². The molecule has 1 heterocycles. The monoisotopic (exact) mass is 303 g/mol. The van der Waals surface area contributed by atoms with Crippen molar-refractivity contribution in [1.82, 2.24) is 14.7 Å². The van der Waals surface area contributed by atoms with Crippen LogP contribution in [0.2, 0.25) is 0 Å². The average Bonchev–Trinajstić information content (AvgIpc) is 3.15. The molecule has 0 unspecified atom stereocenters. The zero-order valence-electron chi connectivity index (χ0n) is 14.3. The molecule has 1 aromatic heterocycles. The fourth-order valence-corrected chi connectivity index (χ4v) is 4.09. The smallest absolute Gasteiger partial charge is 0.223 e. The highest BCUT2D eigenvalue weighted by atomic mass is 16.2. The molecule has 0 bridgehead atoms. The summed E-state index contributed by atoms with van der Waals surface area (Å²) in [6.45, 7) is 4.98. The van der Waals surface area contributed by atoms with Crippen molar-refractivity contribution in [2.45, 2.75) is 77.8 Å². The van der Waals surface area contributed by atoms with Crippen LogP contribution in [0.5, 0.6) is 0 Å². The summed E-state index contributed by atoms with van der Waals surface area (Å²) in [6, 6.07) is 0.435. The highest BCUT2D eigenvalue weighted by Crippen LogP contribution is 2.29. The van der Waals surface area contributed by atoms with Gasteiger partial charge in [0.15, 0.2) is 0 Å². The lowest BCUT2D eigenvalue weighted by atomic mass is 10.1. The highest BCUT2D eigenvalue weighted by Gasteiger charge is 2.30. The molecule has 1 fully saturated rings. The molecule has 0 atom stereocenters. The fraction of sp³-hybridized carbons (Fsp3) is 0.778. The Hall–Kier alpha value is -1.32. The molecule has 0 aliphatic heterocycles. The standard InChI is InChI=1S/C18H29N3O/c1-13(2)11-18(22)21(14-7-4-5-8-14)12-16-15-9-6-10-17(15)20(3)19-16/h13-14H,4-12H2,1-3H3. The molecule has 1 aromatic rings. The Morgan fingerprint density at radius 2 is 2.00 bits per heavy atom. The third kappa shape index (κ3) is 3.06. The van der Waals surface area contributed by atoms with Crippen LogP contribution in [0.3, 0.4) is 0 Å². The second kappa shape index (κ2) is 6.43. The summed E-state index contributed by atoms with van der Waals surface area (Å²) in [7, 11) is 2.05. The van der Waals surface area contributed by atoms with Gasteiger partial charge in [-0.15, -0.1) is 0 Å². The van der Waals surface area contributed by atoms with E-state index in [4.69, 9.17) is 5.10 Å². The third-order valence-corrected chi connectivity index (χ3v) is 5.19. The molecule has 0 spiro atoms. The van der Waals surface area contributed by atoms with Crippen molar-refractivity contribution < 1.29 is 4.79 Å². The Kier molecular flexibility index (Phi) is 4.55. The summed E-state index contributed by atoms with van der Waals surface area (Å²) in [5.41, 5.74) is 3.96. The highest BCUT2D eigenvalue weighted by molar-refractivity contribution is 5.76. The molecule has 0 saturated heterocycles. The molecule has 0 aromatic carbocycles. The van der Waals surface area contributed by atoms with Gasteiger partial charge in [-0.05, 0) is 43.6 Å². The number of carbonyl (C=O) groups excluding carboxylic acids is 1. The van der Waals surface area contributed by atoms with Crippen molar-refractivity contribution >= 4 is 5.91 Å². The molecule has 122 valence electrons. The van der Waals surface area contributed by atoms with Crippen LogP contribution in [0.4, 0.5) is 0 Å². The first-order valence-corrected chi connectivity index (χ1v) is 8.89. The van der Waals surface area contributed by atoms with Gasteiger partial charge in [0.05, 0.1) is 12.2 Å². The maximum absolute atomic E-state index is 12.7. The number of hydrogen-bond donors (Lipinski definition) is 0. The number of aromatic nitrogens is 2. The normalized spacial score (nSPS) is 18.2. The van der Waals surface area contributed by atoms with Crippen LogP contribution in [-0.4, -0.2) is 26.6 Å². The predicted octanol–water partition coefficient (Wildman–Crippen LogP) is 3.23. The summed E-state index contributed by atoms with van der Waals surface area (Å²) >= 11 is 0. The summed E-state index contributed by atoms with van der Waals surface area (Å²) in [6.07, 6.45) is 9.02. The quantitative estimate of drug-likeness (QED) is 0.837. The van der Waals surface area contributed by atoms with E-state index in [1.807, 2.05) is 11.7 Å². The SMILES string of the molecule is CC(C)CC(=O)N(Cc1nn(C)c2c1CCC2)C1CCCC1. The number of carbonyl (C=O) groups is 1. The third-order valence-electron chi connectivity index (χ3n) is 5.19. The van der Waals surface area contributed by atoms with Crippen LogP contribution in [0.25, 0.3) is 0 Å². The van der Waals surface area contributed by atoms with E-state index in [9.17, 15) is 4.79 Å². The van der Waals surface area contributed by atoms with E-state index in [2.05, 4.69) is 18.7 Å². The van der Waals surface area contributed by atoms with Crippen molar-refractivity contribution in [3.05, 3.63) is 17.0 Å². The second-order valence-electron chi connectivity index (χ2n) is 7.41. The molecular weight excluding hydrogens is 274 g/mol. The van der Waals surface area contributed by atoms with Crippen LogP contribution >= 0.6 is 0 Å². The Bertz CT molecular complexity index is 541. The van der Waals surface area contributed by atoms with Gasteiger partial charge in [-0.2, -0.15) is 5.10 Å². The molecule has 4 nitrogen and oxygen atoms in total. The molecule has 1 saturated carbocycles. The Morgan fingerprint density at radius 1 is 1.27 bits per heavy atom. The minimum absolute atomic E-state index is 0.319. The van der Waals surface area contributed by atoms with Gasteiger partial charge in [-0.1, -0.05) is 26.7 Å².